The van der Waals surface area contributed by atoms with Crippen molar-refractivity contribution in [3.63, 3.8) is 0 Å². The molecule has 0 aliphatic rings. The highest BCUT2D eigenvalue weighted by Gasteiger charge is 2.85. The summed E-state index contributed by atoms with van der Waals surface area (Å²) in [5.41, 5.74) is -1.81. The predicted molar refractivity (Wildman–Crippen MR) is 92.2 cm³/mol. The Morgan fingerprint density at radius 2 is 1.19 bits per heavy atom. The third-order valence-corrected chi connectivity index (χ3v) is 5.17. The second-order valence-corrected chi connectivity index (χ2v) is 7.70. The van der Waals surface area contributed by atoms with E-state index in [1.54, 1.807) is 0 Å². The summed E-state index contributed by atoms with van der Waals surface area (Å²) in [5, 5.41) is 9.57. The Balaban J connectivity index is 2.45. The molecule has 0 aliphatic heterocycles. The first-order valence-corrected chi connectivity index (χ1v) is 9.45. The van der Waals surface area contributed by atoms with Gasteiger partial charge in [-0.3, -0.25) is 4.72 Å². The fourth-order valence-electron chi connectivity index (χ4n) is 2.04. The standard InChI is InChI=1S/C16H10F9N3O3S/c17-13(18,15(21,22)23)14(19,20)16(24,25)32(30,31)28-10-6-2-1-5-9(10)26-27-11-7-3-4-8-12(11)29/h1-8,28-29H. The molecular weight excluding hydrogens is 485 g/mol. The second-order valence-electron chi connectivity index (χ2n) is 5.97. The van der Waals surface area contributed by atoms with Crippen molar-refractivity contribution in [3.8, 4) is 5.75 Å². The van der Waals surface area contributed by atoms with E-state index in [0.717, 1.165) is 22.9 Å². The van der Waals surface area contributed by atoms with E-state index in [9.17, 15) is 53.0 Å². The third-order valence-electron chi connectivity index (χ3n) is 3.75. The molecule has 2 aromatic carbocycles. The topological polar surface area (TPSA) is 91.1 Å². The lowest BCUT2D eigenvalue weighted by molar-refractivity contribution is -0.382. The minimum Gasteiger partial charge on any atom is -0.506 e. The van der Waals surface area contributed by atoms with Crippen LogP contribution in [0.4, 0.5) is 56.6 Å². The van der Waals surface area contributed by atoms with Crippen molar-refractivity contribution in [1.29, 1.82) is 0 Å². The molecule has 0 aromatic heterocycles. The summed E-state index contributed by atoms with van der Waals surface area (Å²) in [4.78, 5) is 0. The van der Waals surface area contributed by atoms with E-state index < -0.39 is 50.4 Å². The number of hydrogen-bond donors (Lipinski definition) is 2. The molecule has 6 nitrogen and oxygen atoms in total. The number of azo groups is 1. The van der Waals surface area contributed by atoms with Gasteiger partial charge >= 0.3 is 33.3 Å². The van der Waals surface area contributed by atoms with Crippen LogP contribution in [0, 0.1) is 0 Å². The van der Waals surface area contributed by atoms with Gasteiger partial charge in [0.1, 0.15) is 17.1 Å². The first-order valence-electron chi connectivity index (χ1n) is 7.97. The molecule has 0 spiro atoms. The van der Waals surface area contributed by atoms with Crippen molar-refractivity contribution >= 4 is 27.1 Å². The number of hydrogen-bond acceptors (Lipinski definition) is 5. The maximum absolute atomic E-state index is 13.9. The Kier molecular flexibility index (Phi) is 6.42. The van der Waals surface area contributed by atoms with Crippen molar-refractivity contribution in [2.24, 2.45) is 10.2 Å². The first kappa shape index (κ1) is 25.2. The maximum Gasteiger partial charge on any atom is 0.460 e. The van der Waals surface area contributed by atoms with Crippen LogP contribution in [0.25, 0.3) is 0 Å². The Bertz CT molecular complexity index is 1120. The zero-order valence-electron chi connectivity index (χ0n) is 15.1. The van der Waals surface area contributed by atoms with Gasteiger partial charge in [-0.05, 0) is 24.3 Å². The summed E-state index contributed by atoms with van der Waals surface area (Å²) in [6, 6.07) is 8.92. The van der Waals surface area contributed by atoms with Crippen molar-refractivity contribution in [3.05, 3.63) is 48.5 Å². The minimum absolute atomic E-state index is 0.188. The molecule has 2 N–H and O–H groups in total. The number of phenolic OH excluding ortho intramolecular Hbond substituents is 1. The van der Waals surface area contributed by atoms with Crippen LogP contribution in [0.5, 0.6) is 5.75 Å². The van der Waals surface area contributed by atoms with Crippen molar-refractivity contribution < 1.29 is 53.0 Å². The number of aromatic hydroxyl groups is 1. The van der Waals surface area contributed by atoms with Gasteiger partial charge in [0.05, 0.1) is 5.69 Å². The second kappa shape index (κ2) is 8.14. The van der Waals surface area contributed by atoms with E-state index >= 15 is 0 Å². The molecule has 0 aliphatic carbocycles. The van der Waals surface area contributed by atoms with Gasteiger partial charge in [0.25, 0.3) is 0 Å². The van der Waals surface area contributed by atoms with Crippen LogP contribution >= 0.6 is 0 Å². The highest BCUT2D eigenvalue weighted by atomic mass is 32.2. The van der Waals surface area contributed by atoms with Crippen LogP contribution in [0.1, 0.15) is 0 Å². The molecule has 0 atom stereocenters. The Hall–Kier alpha value is -3.04. The average molecular weight is 495 g/mol. The lowest BCUT2D eigenvalue weighted by atomic mass is 10.1. The minimum atomic E-state index is -7.39. The SMILES string of the molecule is O=S(=O)(Nc1ccccc1N=Nc1ccccc1O)C(F)(F)C(F)(F)C(F)(F)C(F)(F)F. The number of rotatable bonds is 7. The summed E-state index contributed by atoms with van der Waals surface area (Å²) in [6.07, 6.45) is -7.18. The molecule has 0 fully saturated rings. The lowest BCUT2D eigenvalue weighted by Crippen LogP contribution is -2.64. The number of phenols is 1. The summed E-state index contributed by atoms with van der Waals surface area (Å²) >= 11 is 0. The summed E-state index contributed by atoms with van der Waals surface area (Å²) < 4.78 is 142. The van der Waals surface area contributed by atoms with Crippen LogP contribution in [0.2, 0.25) is 0 Å². The van der Waals surface area contributed by atoms with E-state index in [1.165, 1.54) is 24.3 Å². The van der Waals surface area contributed by atoms with Crippen LogP contribution < -0.4 is 4.72 Å². The molecule has 0 unspecified atom stereocenters. The molecule has 2 aromatic rings. The van der Waals surface area contributed by atoms with Gasteiger partial charge < -0.3 is 5.11 Å². The van der Waals surface area contributed by atoms with E-state index in [4.69, 9.17) is 0 Å². The van der Waals surface area contributed by atoms with Gasteiger partial charge in [-0.2, -0.15) is 47.9 Å². The smallest absolute Gasteiger partial charge is 0.460 e. The lowest BCUT2D eigenvalue weighted by Gasteiger charge is -2.33. The molecule has 176 valence electrons. The van der Waals surface area contributed by atoms with E-state index in [1.807, 2.05) is 0 Å². The van der Waals surface area contributed by atoms with Gasteiger partial charge in [-0.15, -0.1) is 10.2 Å². The molecule has 32 heavy (non-hydrogen) atoms. The number of nitrogens with one attached hydrogen (secondary N) is 1. The molecule has 0 heterocycles. The number of nitrogens with zero attached hydrogens (tertiary/aromatic N) is 2. The monoisotopic (exact) mass is 495 g/mol. The number of alkyl halides is 9. The van der Waals surface area contributed by atoms with E-state index in [2.05, 4.69) is 10.2 Å². The van der Waals surface area contributed by atoms with Crippen LogP contribution in [0.3, 0.4) is 0 Å². The fourth-order valence-corrected chi connectivity index (χ4v) is 3.10. The fraction of sp³-hybridized carbons (Fsp3) is 0.250. The molecular formula is C16H10F9N3O3S. The van der Waals surface area contributed by atoms with Crippen LogP contribution in [-0.2, 0) is 10.0 Å². The molecule has 0 saturated heterocycles. The van der Waals surface area contributed by atoms with Crippen molar-refractivity contribution in [2.75, 3.05) is 4.72 Å². The number of halogens is 9. The molecule has 2 rings (SSSR count). The predicted octanol–water partition coefficient (Wildman–Crippen LogP) is 5.98. The van der Waals surface area contributed by atoms with Gasteiger partial charge in [-0.25, -0.2) is 0 Å². The normalized spacial score (nSPS) is 14.0. The zero-order chi connectivity index (χ0) is 24.6. The van der Waals surface area contributed by atoms with Crippen LogP contribution in [0.15, 0.2) is 58.8 Å². The Morgan fingerprint density at radius 1 is 0.719 bits per heavy atom. The van der Waals surface area contributed by atoms with E-state index in [-0.39, 0.29) is 5.69 Å². The molecule has 0 amide bonds. The molecule has 16 heteroatoms. The average Bonchev–Trinajstić information content (AvgIpc) is 2.67. The van der Waals surface area contributed by atoms with Crippen molar-refractivity contribution in [2.45, 2.75) is 23.3 Å². The number of sulfonamides is 1. The molecule has 0 saturated carbocycles. The van der Waals surface area contributed by atoms with Gasteiger partial charge in [0.15, 0.2) is 0 Å². The first-order chi connectivity index (χ1) is 14.5. The quantitative estimate of drug-likeness (QED) is 0.366. The molecule has 0 bridgehead atoms. The molecule has 0 radical (unpaired) electrons. The maximum atomic E-state index is 13.9. The zero-order valence-corrected chi connectivity index (χ0v) is 15.9. The Labute approximate surface area is 173 Å². The highest BCUT2D eigenvalue weighted by molar-refractivity contribution is 7.93. The van der Waals surface area contributed by atoms with Crippen LogP contribution in [-0.4, -0.2) is 36.8 Å². The summed E-state index contributed by atoms with van der Waals surface area (Å²) in [7, 11) is -6.89. The summed E-state index contributed by atoms with van der Waals surface area (Å²) in [6.45, 7) is 0. The summed E-state index contributed by atoms with van der Waals surface area (Å²) in [5.74, 6) is -15.2. The largest absolute Gasteiger partial charge is 0.506 e. The Morgan fingerprint density at radius 3 is 1.72 bits per heavy atom. The van der Waals surface area contributed by atoms with Crippen molar-refractivity contribution in [1.82, 2.24) is 0 Å². The third kappa shape index (κ3) is 4.31. The number of para-hydroxylation sites is 2. The highest BCUT2D eigenvalue weighted by Crippen LogP contribution is 2.55. The number of benzene rings is 2. The van der Waals surface area contributed by atoms with Gasteiger partial charge in [-0.1, -0.05) is 24.3 Å². The van der Waals surface area contributed by atoms with E-state index in [0.29, 0.717) is 6.07 Å². The number of anilines is 1. The van der Waals surface area contributed by atoms with Gasteiger partial charge in [0.2, 0.25) is 0 Å². The van der Waals surface area contributed by atoms with Gasteiger partial charge in [0, 0.05) is 0 Å².